The SMILES string of the molecule is CCCCCCC(O)(CO)CCCCC(O)CO. The number of aliphatic hydroxyl groups is 4. The van der Waals surface area contributed by atoms with Crippen LogP contribution in [0.3, 0.4) is 0 Å². The van der Waals surface area contributed by atoms with Crippen LogP contribution in [0.25, 0.3) is 0 Å². The minimum absolute atomic E-state index is 0.193. The molecule has 2 unspecified atom stereocenters. The summed E-state index contributed by atoms with van der Waals surface area (Å²) in [4.78, 5) is 0. The molecule has 0 amide bonds. The van der Waals surface area contributed by atoms with Crippen molar-refractivity contribution >= 4 is 0 Å². The first-order valence-electron chi connectivity index (χ1n) is 7.20. The Morgan fingerprint density at radius 2 is 1.56 bits per heavy atom. The van der Waals surface area contributed by atoms with E-state index in [0.29, 0.717) is 19.3 Å². The summed E-state index contributed by atoms with van der Waals surface area (Å²) < 4.78 is 0. The molecule has 0 fully saturated rings. The van der Waals surface area contributed by atoms with Crippen molar-refractivity contribution in [1.82, 2.24) is 0 Å². The zero-order chi connectivity index (χ0) is 13.9. The second-order valence-electron chi connectivity index (χ2n) is 5.28. The lowest BCUT2D eigenvalue weighted by Crippen LogP contribution is -2.33. The lowest BCUT2D eigenvalue weighted by molar-refractivity contribution is -0.0321. The first kappa shape index (κ1) is 17.8. The van der Waals surface area contributed by atoms with Gasteiger partial charge in [0, 0.05) is 0 Å². The lowest BCUT2D eigenvalue weighted by Gasteiger charge is -2.26. The fourth-order valence-electron chi connectivity index (χ4n) is 2.09. The molecule has 0 bridgehead atoms. The van der Waals surface area contributed by atoms with Crippen molar-refractivity contribution in [1.29, 1.82) is 0 Å². The van der Waals surface area contributed by atoms with Crippen molar-refractivity contribution in [3.8, 4) is 0 Å². The Balaban J connectivity index is 3.71. The van der Waals surface area contributed by atoms with Gasteiger partial charge in [-0.3, -0.25) is 0 Å². The van der Waals surface area contributed by atoms with Gasteiger partial charge in [0.15, 0.2) is 0 Å². The van der Waals surface area contributed by atoms with Crippen LogP contribution in [0.2, 0.25) is 0 Å². The van der Waals surface area contributed by atoms with Crippen molar-refractivity contribution in [3.05, 3.63) is 0 Å². The van der Waals surface area contributed by atoms with Crippen molar-refractivity contribution in [2.75, 3.05) is 13.2 Å². The monoisotopic (exact) mass is 262 g/mol. The molecular weight excluding hydrogens is 232 g/mol. The summed E-state index contributed by atoms with van der Waals surface area (Å²) in [6, 6.07) is 0. The Morgan fingerprint density at radius 3 is 2.06 bits per heavy atom. The van der Waals surface area contributed by atoms with Crippen LogP contribution >= 0.6 is 0 Å². The normalized spacial score (nSPS) is 16.5. The van der Waals surface area contributed by atoms with Crippen molar-refractivity contribution in [2.24, 2.45) is 0 Å². The molecule has 2 atom stereocenters. The minimum Gasteiger partial charge on any atom is -0.394 e. The zero-order valence-electron chi connectivity index (χ0n) is 11.6. The smallest absolute Gasteiger partial charge is 0.0877 e. The maximum Gasteiger partial charge on any atom is 0.0877 e. The predicted molar refractivity (Wildman–Crippen MR) is 72.4 cm³/mol. The lowest BCUT2D eigenvalue weighted by atomic mass is 9.90. The van der Waals surface area contributed by atoms with Crippen LogP contribution in [0.5, 0.6) is 0 Å². The van der Waals surface area contributed by atoms with Crippen LogP contribution in [0, 0.1) is 0 Å². The summed E-state index contributed by atoms with van der Waals surface area (Å²) in [5, 5.41) is 37.3. The van der Waals surface area contributed by atoms with Gasteiger partial charge in [-0.25, -0.2) is 0 Å². The second kappa shape index (κ2) is 10.7. The van der Waals surface area contributed by atoms with Crippen molar-refractivity contribution in [2.45, 2.75) is 76.4 Å². The quantitative estimate of drug-likeness (QED) is 0.403. The summed E-state index contributed by atoms with van der Waals surface area (Å²) in [7, 11) is 0. The summed E-state index contributed by atoms with van der Waals surface area (Å²) in [6.45, 7) is 1.74. The van der Waals surface area contributed by atoms with Gasteiger partial charge in [0.2, 0.25) is 0 Å². The molecule has 0 aliphatic rings. The number of aliphatic hydroxyl groups excluding tert-OH is 3. The molecule has 0 rings (SSSR count). The molecule has 4 nitrogen and oxygen atoms in total. The number of unbranched alkanes of at least 4 members (excludes halogenated alkanes) is 4. The van der Waals surface area contributed by atoms with E-state index in [1.807, 2.05) is 0 Å². The van der Waals surface area contributed by atoms with Gasteiger partial charge in [-0.15, -0.1) is 0 Å². The standard InChI is InChI=1S/C14H30O4/c1-2-3-4-6-9-14(18,12-16)10-7-5-8-13(17)11-15/h13,15-18H,2-12H2,1H3. The average Bonchev–Trinajstić information content (AvgIpc) is 2.39. The summed E-state index contributed by atoms with van der Waals surface area (Å²) in [5.41, 5.74) is -0.960. The first-order chi connectivity index (χ1) is 8.58. The van der Waals surface area contributed by atoms with E-state index >= 15 is 0 Å². The van der Waals surface area contributed by atoms with Gasteiger partial charge in [0.1, 0.15) is 0 Å². The maximum absolute atomic E-state index is 10.2. The Labute approximate surface area is 111 Å². The van der Waals surface area contributed by atoms with Crippen LogP contribution in [-0.2, 0) is 0 Å². The highest BCUT2D eigenvalue weighted by atomic mass is 16.3. The zero-order valence-corrected chi connectivity index (χ0v) is 11.6. The third-order valence-electron chi connectivity index (χ3n) is 3.43. The average molecular weight is 262 g/mol. The molecule has 0 aromatic carbocycles. The van der Waals surface area contributed by atoms with Crippen LogP contribution in [0.15, 0.2) is 0 Å². The summed E-state index contributed by atoms with van der Waals surface area (Å²) >= 11 is 0. The Bertz CT molecular complexity index is 187. The Morgan fingerprint density at radius 1 is 0.944 bits per heavy atom. The molecular formula is C14H30O4. The van der Waals surface area contributed by atoms with Gasteiger partial charge in [0.25, 0.3) is 0 Å². The van der Waals surface area contributed by atoms with E-state index in [9.17, 15) is 15.3 Å². The second-order valence-corrected chi connectivity index (χ2v) is 5.28. The molecule has 4 N–H and O–H groups in total. The third kappa shape index (κ3) is 8.86. The highest BCUT2D eigenvalue weighted by molar-refractivity contribution is 4.77. The van der Waals surface area contributed by atoms with Gasteiger partial charge in [0.05, 0.1) is 24.9 Å². The highest BCUT2D eigenvalue weighted by Crippen LogP contribution is 2.22. The van der Waals surface area contributed by atoms with E-state index in [-0.39, 0.29) is 13.2 Å². The van der Waals surface area contributed by atoms with Crippen LogP contribution in [-0.4, -0.2) is 45.3 Å². The van der Waals surface area contributed by atoms with Gasteiger partial charge >= 0.3 is 0 Å². The molecule has 0 aliphatic heterocycles. The first-order valence-corrected chi connectivity index (χ1v) is 7.20. The fraction of sp³-hybridized carbons (Fsp3) is 1.00. The minimum atomic E-state index is -0.960. The molecule has 0 saturated heterocycles. The van der Waals surface area contributed by atoms with Gasteiger partial charge in [-0.1, -0.05) is 45.4 Å². The molecule has 0 aromatic rings. The largest absolute Gasteiger partial charge is 0.394 e. The van der Waals surface area contributed by atoms with Gasteiger partial charge < -0.3 is 20.4 Å². The van der Waals surface area contributed by atoms with Crippen molar-refractivity contribution in [3.63, 3.8) is 0 Å². The molecule has 0 spiro atoms. The summed E-state index contributed by atoms with van der Waals surface area (Å²) in [6.07, 6.45) is 7.01. The van der Waals surface area contributed by atoms with Crippen LogP contribution < -0.4 is 0 Å². The van der Waals surface area contributed by atoms with Crippen LogP contribution in [0.1, 0.15) is 64.7 Å². The number of rotatable bonds is 12. The molecule has 0 aromatic heterocycles. The number of hydrogen-bond acceptors (Lipinski definition) is 4. The molecule has 18 heavy (non-hydrogen) atoms. The maximum atomic E-state index is 10.2. The molecule has 0 aliphatic carbocycles. The molecule has 0 saturated carbocycles. The van der Waals surface area contributed by atoms with Crippen molar-refractivity contribution < 1.29 is 20.4 Å². The van der Waals surface area contributed by atoms with Crippen LogP contribution in [0.4, 0.5) is 0 Å². The van der Waals surface area contributed by atoms with E-state index in [4.69, 9.17) is 5.11 Å². The van der Waals surface area contributed by atoms with E-state index in [2.05, 4.69) is 6.92 Å². The molecule has 110 valence electrons. The van der Waals surface area contributed by atoms with Gasteiger partial charge in [-0.05, 0) is 19.3 Å². The van der Waals surface area contributed by atoms with E-state index in [1.54, 1.807) is 0 Å². The molecule has 0 heterocycles. The third-order valence-corrected chi connectivity index (χ3v) is 3.43. The topological polar surface area (TPSA) is 80.9 Å². The summed E-state index contributed by atoms with van der Waals surface area (Å²) in [5.74, 6) is 0. The van der Waals surface area contributed by atoms with E-state index < -0.39 is 11.7 Å². The molecule has 0 radical (unpaired) electrons. The predicted octanol–water partition coefficient (Wildman–Crippen LogP) is 1.59. The highest BCUT2D eigenvalue weighted by Gasteiger charge is 2.24. The Kier molecular flexibility index (Phi) is 10.6. The van der Waals surface area contributed by atoms with E-state index in [1.165, 1.54) is 6.42 Å². The number of hydrogen-bond donors (Lipinski definition) is 4. The van der Waals surface area contributed by atoms with Gasteiger partial charge in [-0.2, -0.15) is 0 Å². The van der Waals surface area contributed by atoms with E-state index in [0.717, 1.165) is 32.1 Å². The Hall–Kier alpha value is -0.160. The molecule has 4 heteroatoms. The fourth-order valence-corrected chi connectivity index (χ4v) is 2.09.